The van der Waals surface area contributed by atoms with Crippen LogP contribution < -0.4 is 5.73 Å². The summed E-state index contributed by atoms with van der Waals surface area (Å²) in [4.78, 5) is 2.41. The maximum absolute atomic E-state index is 12.7. The highest BCUT2D eigenvalue weighted by molar-refractivity contribution is 7.89. The van der Waals surface area contributed by atoms with Crippen molar-refractivity contribution in [3.05, 3.63) is 23.2 Å². The minimum Gasteiger partial charge on any atom is -0.398 e. The van der Waals surface area contributed by atoms with Crippen molar-refractivity contribution in [3.63, 3.8) is 0 Å². The molecule has 0 radical (unpaired) electrons. The van der Waals surface area contributed by atoms with Gasteiger partial charge in [-0.2, -0.15) is 4.31 Å². The summed E-state index contributed by atoms with van der Waals surface area (Å²) in [7, 11) is -3.60. The molecule has 5 nitrogen and oxygen atoms in total. The number of rotatable bonds is 3. The van der Waals surface area contributed by atoms with Crippen LogP contribution in [0.25, 0.3) is 0 Å². The zero-order valence-corrected chi connectivity index (χ0v) is 12.7. The highest BCUT2D eigenvalue weighted by Crippen LogP contribution is 2.32. The number of nitrogens with two attached hydrogens (primary N) is 1. The van der Waals surface area contributed by atoms with Gasteiger partial charge in [-0.25, -0.2) is 8.42 Å². The minimum atomic E-state index is -3.60. The van der Waals surface area contributed by atoms with Crippen LogP contribution in [0.5, 0.6) is 0 Å². The van der Waals surface area contributed by atoms with Crippen molar-refractivity contribution in [3.8, 4) is 0 Å². The van der Waals surface area contributed by atoms with Crippen LogP contribution in [-0.2, 0) is 10.0 Å². The molecule has 110 valence electrons. The van der Waals surface area contributed by atoms with Crippen LogP contribution >= 0.6 is 11.6 Å². The van der Waals surface area contributed by atoms with Crippen molar-refractivity contribution in [1.82, 2.24) is 9.21 Å². The van der Waals surface area contributed by atoms with E-state index in [9.17, 15) is 8.42 Å². The van der Waals surface area contributed by atoms with Crippen LogP contribution in [0.4, 0.5) is 5.69 Å². The fourth-order valence-electron chi connectivity index (χ4n) is 2.68. The van der Waals surface area contributed by atoms with Crippen LogP contribution in [0.2, 0.25) is 5.02 Å². The molecule has 0 unspecified atom stereocenters. The van der Waals surface area contributed by atoms with E-state index in [1.54, 1.807) is 18.2 Å². The van der Waals surface area contributed by atoms with Crippen molar-refractivity contribution in [1.29, 1.82) is 0 Å². The number of nitrogens with zero attached hydrogens (tertiary/aromatic N) is 2. The first kappa shape index (κ1) is 14.1. The highest BCUT2D eigenvalue weighted by atomic mass is 35.5. The van der Waals surface area contributed by atoms with E-state index in [0.29, 0.717) is 19.1 Å². The smallest absolute Gasteiger partial charge is 0.246 e. The molecule has 2 aliphatic rings. The van der Waals surface area contributed by atoms with Gasteiger partial charge in [-0.1, -0.05) is 17.7 Å². The van der Waals surface area contributed by atoms with Crippen LogP contribution in [0, 0.1) is 0 Å². The van der Waals surface area contributed by atoms with Gasteiger partial charge in [0.2, 0.25) is 10.0 Å². The van der Waals surface area contributed by atoms with Gasteiger partial charge in [0.05, 0.1) is 10.7 Å². The lowest BCUT2D eigenvalue weighted by atomic mass is 10.3. The number of hydrogen-bond donors (Lipinski definition) is 1. The lowest BCUT2D eigenvalue weighted by Crippen LogP contribution is -2.49. The highest BCUT2D eigenvalue weighted by Gasteiger charge is 2.36. The fraction of sp³-hybridized carbons (Fsp3) is 0.538. The van der Waals surface area contributed by atoms with E-state index in [0.717, 1.165) is 13.1 Å². The molecule has 1 aliphatic heterocycles. The quantitative estimate of drug-likeness (QED) is 0.856. The lowest BCUT2D eigenvalue weighted by Gasteiger charge is -2.34. The minimum absolute atomic E-state index is 0.0431. The molecule has 1 saturated heterocycles. The van der Waals surface area contributed by atoms with E-state index in [2.05, 4.69) is 4.90 Å². The van der Waals surface area contributed by atoms with Crippen molar-refractivity contribution in [2.45, 2.75) is 23.8 Å². The molecule has 2 fully saturated rings. The Morgan fingerprint density at radius 3 is 2.35 bits per heavy atom. The van der Waals surface area contributed by atoms with Gasteiger partial charge in [-0.15, -0.1) is 0 Å². The summed E-state index contributed by atoms with van der Waals surface area (Å²) in [6.45, 7) is 2.58. The van der Waals surface area contributed by atoms with Gasteiger partial charge in [-0.05, 0) is 25.0 Å². The maximum Gasteiger partial charge on any atom is 0.246 e. The van der Waals surface area contributed by atoms with Crippen LogP contribution in [-0.4, -0.2) is 49.8 Å². The predicted molar refractivity (Wildman–Crippen MR) is 79.2 cm³/mol. The Balaban J connectivity index is 1.82. The van der Waals surface area contributed by atoms with E-state index in [4.69, 9.17) is 17.3 Å². The third kappa shape index (κ3) is 2.53. The van der Waals surface area contributed by atoms with E-state index in [1.165, 1.54) is 17.1 Å². The molecule has 1 heterocycles. The van der Waals surface area contributed by atoms with Gasteiger partial charge in [0, 0.05) is 32.2 Å². The van der Waals surface area contributed by atoms with Crippen LogP contribution in [0.3, 0.4) is 0 Å². The summed E-state index contributed by atoms with van der Waals surface area (Å²) in [6.07, 6.45) is 2.48. The number of halogens is 1. The monoisotopic (exact) mass is 315 g/mol. The fourth-order valence-corrected chi connectivity index (χ4v) is 4.73. The molecular weight excluding hydrogens is 298 g/mol. The molecule has 1 aliphatic carbocycles. The van der Waals surface area contributed by atoms with Gasteiger partial charge in [0.25, 0.3) is 0 Å². The number of hydrogen-bond acceptors (Lipinski definition) is 4. The standard InChI is InChI=1S/C13H18ClN3O2S/c14-11-2-1-3-12(15)13(11)20(18,19)17-8-6-16(7-9-17)10-4-5-10/h1-3,10H,4-9,15H2. The van der Waals surface area contributed by atoms with Crippen molar-refractivity contribution in [2.75, 3.05) is 31.9 Å². The number of benzene rings is 1. The van der Waals surface area contributed by atoms with Gasteiger partial charge >= 0.3 is 0 Å². The molecule has 2 N–H and O–H groups in total. The van der Waals surface area contributed by atoms with Gasteiger partial charge in [0.15, 0.2) is 0 Å². The molecule has 3 rings (SSSR count). The maximum atomic E-state index is 12.7. The zero-order valence-electron chi connectivity index (χ0n) is 11.1. The number of nitrogen functional groups attached to an aromatic ring is 1. The predicted octanol–water partition coefficient (Wildman–Crippen LogP) is 1.39. The van der Waals surface area contributed by atoms with E-state index >= 15 is 0 Å². The second-order valence-corrected chi connectivity index (χ2v) is 7.61. The second kappa shape index (κ2) is 5.18. The first-order valence-electron chi connectivity index (χ1n) is 6.78. The summed E-state index contributed by atoms with van der Waals surface area (Å²) in [5.41, 5.74) is 6.01. The average molecular weight is 316 g/mol. The molecule has 20 heavy (non-hydrogen) atoms. The summed E-state index contributed by atoms with van der Waals surface area (Å²) < 4.78 is 26.8. The van der Waals surface area contributed by atoms with Gasteiger partial charge in [0.1, 0.15) is 4.90 Å². The van der Waals surface area contributed by atoms with Gasteiger partial charge < -0.3 is 5.73 Å². The Hall–Kier alpha value is -0.820. The van der Waals surface area contributed by atoms with E-state index in [1.807, 2.05) is 0 Å². The lowest BCUT2D eigenvalue weighted by molar-refractivity contribution is 0.180. The molecule has 0 aromatic heterocycles. The van der Waals surface area contributed by atoms with Crippen LogP contribution in [0.15, 0.2) is 23.1 Å². The topological polar surface area (TPSA) is 66.6 Å². The van der Waals surface area contributed by atoms with Gasteiger partial charge in [-0.3, -0.25) is 4.90 Å². The molecule has 1 aromatic rings. The van der Waals surface area contributed by atoms with Crippen LogP contribution in [0.1, 0.15) is 12.8 Å². The van der Waals surface area contributed by atoms with E-state index < -0.39 is 10.0 Å². The number of piperazine rings is 1. The average Bonchev–Trinajstić information content (AvgIpc) is 3.22. The Bertz CT molecular complexity index is 588. The summed E-state index contributed by atoms with van der Waals surface area (Å²) >= 11 is 6.03. The number of sulfonamides is 1. The third-order valence-corrected chi connectivity index (χ3v) is 6.38. The summed E-state index contributed by atoms with van der Waals surface area (Å²) in [5.74, 6) is 0. The third-order valence-electron chi connectivity index (χ3n) is 3.93. The molecule has 0 amide bonds. The van der Waals surface area contributed by atoms with Crippen molar-refractivity contribution < 1.29 is 8.42 Å². The molecule has 0 spiro atoms. The van der Waals surface area contributed by atoms with Crippen molar-refractivity contribution >= 4 is 27.3 Å². The second-order valence-electron chi connectivity index (χ2n) is 5.33. The zero-order chi connectivity index (χ0) is 14.3. The molecule has 0 atom stereocenters. The summed E-state index contributed by atoms with van der Waals surface area (Å²) in [6, 6.07) is 5.46. The normalized spacial score (nSPS) is 22.1. The van der Waals surface area contributed by atoms with E-state index in [-0.39, 0.29) is 15.6 Å². The Morgan fingerprint density at radius 2 is 1.80 bits per heavy atom. The Kier molecular flexibility index (Phi) is 3.66. The number of anilines is 1. The molecule has 1 saturated carbocycles. The first-order valence-corrected chi connectivity index (χ1v) is 8.60. The largest absolute Gasteiger partial charge is 0.398 e. The Labute approximate surface area is 124 Å². The molecular formula is C13H18ClN3O2S. The molecule has 1 aromatic carbocycles. The molecule has 0 bridgehead atoms. The molecule has 7 heteroatoms. The first-order chi connectivity index (χ1) is 9.50. The SMILES string of the molecule is Nc1cccc(Cl)c1S(=O)(=O)N1CCN(C2CC2)CC1. The van der Waals surface area contributed by atoms with Crippen molar-refractivity contribution in [2.24, 2.45) is 0 Å². The summed E-state index contributed by atoms with van der Waals surface area (Å²) in [5, 5.41) is 0.189. The Morgan fingerprint density at radius 1 is 1.15 bits per heavy atom.